The summed E-state index contributed by atoms with van der Waals surface area (Å²) < 4.78 is 29.6. The van der Waals surface area contributed by atoms with E-state index in [1.165, 1.54) is 37.7 Å². The van der Waals surface area contributed by atoms with Crippen molar-refractivity contribution in [2.24, 2.45) is 5.14 Å². The molecule has 0 unspecified atom stereocenters. The summed E-state index contributed by atoms with van der Waals surface area (Å²) in [5, 5.41) is 14.1. The summed E-state index contributed by atoms with van der Waals surface area (Å²) in [5.41, 5.74) is 2.33. The van der Waals surface area contributed by atoms with Gasteiger partial charge in [0.2, 0.25) is 21.8 Å². The van der Waals surface area contributed by atoms with Crippen LogP contribution < -0.4 is 5.14 Å². The van der Waals surface area contributed by atoms with Crippen LogP contribution in [0.3, 0.4) is 0 Å². The van der Waals surface area contributed by atoms with Crippen LogP contribution in [0.1, 0.15) is 92.5 Å². The summed E-state index contributed by atoms with van der Waals surface area (Å²) in [6.45, 7) is 1.81. The Morgan fingerprint density at radius 1 is 0.903 bits per heavy atom. The Morgan fingerprint density at radius 2 is 1.58 bits per heavy atom. The van der Waals surface area contributed by atoms with Crippen molar-refractivity contribution in [2.75, 3.05) is 6.54 Å². The van der Waals surface area contributed by atoms with Gasteiger partial charge in [0.25, 0.3) is 0 Å². The molecule has 0 amide bonds. The second-order valence-electron chi connectivity index (χ2n) is 9.51. The van der Waals surface area contributed by atoms with Crippen LogP contribution >= 0.6 is 0 Å². The van der Waals surface area contributed by atoms with Crippen LogP contribution in [0.15, 0.2) is 27.5 Å². The Kier molecular flexibility index (Phi) is 5.88. The fourth-order valence-electron chi connectivity index (χ4n) is 5.66. The van der Waals surface area contributed by atoms with Gasteiger partial charge in [-0.1, -0.05) is 25.3 Å². The van der Waals surface area contributed by atoms with Gasteiger partial charge in [0.05, 0.1) is 4.90 Å². The van der Waals surface area contributed by atoms with Crippen molar-refractivity contribution < 1.29 is 12.8 Å². The fourth-order valence-corrected chi connectivity index (χ4v) is 6.22. The normalized spacial score (nSPS) is 26.0. The predicted octanol–water partition coefficient (Wildman–Crippen LogP) is 3.85. The van der Waals surface area contributed by atoms with E-state index in [4.69, 9.17) is 9.56 Å². The van der Waals surface area contributed by atoms with Crippen molar-refractivity contribution in [1.29, 1.82) is 0 Å². The van der Waals surface area contributed by atoms with E-state index in [0.29, 0.717) is 17.9 Å². The first-order valence-corrected chi connectivity index (χ1v) is 13.2. The molecule has 2 heterocycles. The maximum absolute atomic E-state index is 11.7. The molecule has 2 saturated carbocycles. The summed E-state index contributed by atoms with van der Waals surface area (Å²) >= 11 is 0. The molecule has 2 aliphatic carbocycles. The molecule has 31 heavy (non-hydrogen) atoms. The second-order valence-corrected chi connectivity index (χ2v) is 11.1. The lowest BCUT2D eigenvalue weighted by Gasteiger charge is -2.39. The maximum Gasteiger partial charge on any atom is 0.238 e. The number of benzene rings is 1. The van der Waals surface area contributed by atoms with Gasteiger partial charge < -0.3 is 4.42 Å². The molecule has 1 aromatic carbocycles. The van der Waals surface area contributed by atoms with E-state index < -0.39 is 10.0 Å². The lowest BCUT2D eigenvalue weighted by molar-refractivity contribution is 0.130. The molecular formula is C23H32N4O3S. The molecular weight excluding hydrogens is 412 g/mol. The third-order valence-electron chi connectivity index (χ3n) is 7.52. The zero-order chi connectivity index (χ0) is 21.4. The molecule has 168 valence electrons. The number of hydrogen-bond donors (Lipinski definition) is 1. The van der Waals surface area contributed by atoms with E-state index in [-0.39, 0.29) is 4.90 Å². The number of sulfonamides is 1. The number of rotatable bonds is 4. The Labute approximate surface area is 184 Å². The number of nitrogens with two attached hydrogens (primary N) is 1. The molecule has 2 N–H and O–H groups in total. The lowest BCUT2D eigenvalue weighted by Crippen LogP contribution is -2.41. The molecule has 0 atom stereocenters. The highest BCUT2D eigenvalue weighted by Gasteiger charge is 2.32. The van der Waals surface area contributed by atoms with E-state index in [9.17, 15) is 8.42 Å². The first-order chi connectivity index (χ1) is 15.0. The molecule has 0 saturated heterocycles. The van der Waals surface area contributed by atoms with Gasteiger partial charge in [-0.2, -0.15) is 0 Å². The number of hydrogen-bond acceptors (Lipinski definition) is 6. The molecule has 1 aromatic heterocycles. The van der Waals surface area contributed by atoms with E-state index in [1.54, 1.807) is 12.1 Å². The largest absolute Gasteiger partial charge is 0.425 e. The highest BCUT2D eigenvalue weighted by atomic mass is 32.2. The Balaban J connectivity index is 1.20. The van der Waals surface area contributed by atoms with Crippen LogP contribution in [0.4, 0.5) is 0 Å². The summed E-state index contributed by atoms with van der Waals surface area (Å²) in [6.07, 6.45) is 11.5. The number of nitrogens with zero attached hydrogens (tertiary/aromatic N) is 3. The Bertz CT molecular complexity index is 1020. The average molecular weight is 445 g/mol. The molecule has 5 rings (SSSR count). The molecule has 7 nitrogen and oxygen atoms in total. The highest BCUT2D eigenvalue weighted by molar-refractivity contribution is 7.89. The zero-order valence-corrected chi connectivity index (χ0v) is 18.8. The minimum absolute atomic E-state index is 0.210. The highest BCUT2D eigenvalue weighted by Crippen LogP contribution is 2.38. The van der Waals surface area contributed by atoms with E-state index in [2.05, 4.69) is 15.1 Å². The van der Waals surface area contributed by atoms with E-state index >= 15 is 0 Å². The van der Waals surface area contributed by atoms with Crippen molar-refractivity contribution in [1.82, 2.24) is 15.1 Å². The molecule has 2 aromatic rings. The summed E-state index contributed by atoms with van der Waals surface area (Å²) in [6, 6.07) is 5.82. The Morgan fingerprint density at radius 3 is 2.26 bits per heavy atom. The molecule has 0 bridgehead atoms. The lowest BCUT2D eigenvalue weighted by atomic mass is 9.84. The van der Waals surface area contributed by atoms with E-state index in [0.717, 1.165) is 62.5 Å². The first kappa shape index (κ1) is 21.1. The van der Waals surface area contributed by atoms with Gasteiger partial charge in [-0.3, -0.25) is 4.90 Å². The van der Waals surface area contributed by atoms with Gasteiger partial charge in [0.1, 0.15) is 0 Å². The van der Waals surface area contributed by atoms with Crippen LogP contribution in [0, 0.1) is 0 Å². The number of primary sulfonamides is 1. The third-order valence-corrected chi connectivity index (χ3v) is 8.43. The topological polar surface area (TPSA) is 102 Å². The van der Waals surface area contributed by atoms with Crippen LogP contribution in [0.25, 0.3) is 0 Å². The van der Waals surface area contributed by atoms with Crippen LogP contribution in [0.5, 0.6) is 0 Å². The predicted molar refractivity (Wildman–Crippen MR) is 117 cm³/mol. The zero-order valence-electron chi connectivity index (χ0n) is 18.0. The molecule has 1 aliphatic heterocycles. The van der Waals surface area contributed by atoms with Gasteiger partial charge in [-0.25, -0.2) is 13.6 Å². The van der Waals surface area contributed by atoms with Gasteiger partial charge in [-0.05, 0) is 68.2 Å². The quantitative estimate of drug-likeness (QED) is 0.768. The van der Waals surface area contributed by atoms with E-state index in [1.807, 2.05) is 6.07 Å². The van der Waals surface area contributed by atoms with Crippen molar-refractivity contribution in [3.63, 3.8) is 0 Å². The van der Waals surface area contributed by atoms with Gasteiger partial charge in [-0.15, -0.1) is 10.2 Å². The van der Waals surface area contributed by atoms with Crippen LogP contribution in [0.2, 0.25) is 0 Å². The van der Waals surface area contributed by atoms with Gasteiger partial charge in [0.15, 0.2) is 0 Å². The van der Waals surface area contributed by atoms with Crippen LogP contribution in [-0.2, 0) is 23.0 Å². The monoisotopic (exact) mass is 444 g/mol. The average Bonchev–Trinajstić information content (AvgIpc) is 3.29. The van der Waals surface area contributed by atoms with Crippen molar-refractivity contribution in [3.8, 4) is 0 Å². The maximum atomic E-state index is 11.7. The van der Waals surface area contributed by atoms with Crippen molar-refractivity contribution in [3.05, 3.63) is 41.1 Å². The molecule has 0 spiro atoms. The first-order valence-electron chi connectivity index (χ1n) is 11.7. The number of aromatic nitrogens is 2. The van der Waals surface area contributed by atoms with Crippen LogP contribution in [-0.4, -0.2) is 36.1 Å². The SMILES string of the molecule is NS(=O)(=O)c1ccc2c(c1)CN(C1CCC(c3nnc(C4CCCCC4)o3)CC1)CC2. The van der Waals surface area contributed by atoms with Crippen molar-refractivity contribution in [2.45, 2.75) is 93.5 Å². The van der Waals surface area contributed by atoms with Crippen molar-refractivity contribution >= 4 is 10.0 Å². The second kappa shape index (κ2) is 8.64. The summed E-state index contributed by atoms with van der Waals surface area (Å²) in [7, 11) is -3.66. The minimum atomic E-state index is -3.66. The minimum Gasteiger partial charge on any atom is -0.425 e. The molecule has 8 heteroatoms. The Hall–Kier alpha value is -1.77. The molecule has 3 aliphatic rings. The molecule has 2 fully saturated rings. The fraction of sp³-hybridized carbons (Fsp3) is 0.652. The third kappa shape index (κ3) is 4.56. The molecule has 0 radical (unpaired) electrons. The van der Waals surface area contributed by atoms with Gasteiger partial charge >= 0.3 is 0 Å². The summed E-state index contributed by atoms with van der Waals surface area (Å²) in [4.78, 5) is 2.72. The standard InChI is InChI=1S/C23H32N4O3S/c24-31(28,29)21-11-8-16-12-13-27(15-19(16)14-21)20-9-6-18(7-10-20)23-26-25-22(30-23)17-4-2-1-3-5-17/h8,11,14,17-18,20H,1-7,9-10,12-13,15H2,(H2,24,28,29). The van der Waals surface area contributed by atoms with Gasteiger partial charge in [0, 0.05) is 31.0 Å². The smallest absolute Gasteiger partial charge is 0.238 e. The summed E-state index contributed by atoms with van der Waals surface area (Å²) in [5.74, 6) is 2.52. The number of fused-ring (bicyclic) bond motifs is 1.